The molecule has 2 heterocycles. The van der Waals surface area contributed by atoms with E-state index in [2.05, 4.69) is 110 Å². The van der Waals surface area contributed by atoms with E-state index < -0.39 is 0 Å². The summed E-state index contributed by atoms with van der Waals surface area (Å²) < 4.78 is 4.18. The number of hydrogen-bond donors (Lipinski definition) is 0. The van der Waals surface area contributed by atoms with Gasteiger partial charge in [0.25, 0.3) is 0 Å². The van der Waals surface area contributed by atoms with Crippen molar-refractivity contribution in [2.45, 2.75) is 13.5 Å². The molecule has 0 N–H and O–H groups in total. The second kappa shape index (κ2) is 13.2. The zero-order chi connectivity index (χ0) is 31.1. The predicted octanol–water partition coefficient (Wildman–Crippen LogP) is 9.22. The average molecular weight is 597 g/mol. The van der Waals surface area contributed by atoms with E-state index in [9.17, 15) is 0 Å². The Kier molecular flexibility index (Phi) is 8.24. The normalized spacial score (nSPS) is 12.8. The number of para-hydroxylation sites is 3. The summed E-state index contributed by atoms with van der Waals surface area (Å²) in [6, 6.07) is 41.8. The molecule has 5 aromatic carbocycles. The quantitative estimate of drug-likeness (QED) is 0.123. The Morgan fingerprint density at radius 1 is 0.652 bits per heavy atom. The molecule has 0 amide bonds. The number of nitrogens with zero attached hydrogens (tertiary/aromatic N) is 6. The summed E-state index contributed by atoms with van der Waals surface area (Å²) in [6.07, 6.45) is 13.4. The highest BCUT2D eigenvalue weighted by Gasteiger charge is 2.12. The molecule has 7 aromatic rings. The van der Waals surface area contributed by atoms with Crippen LogP contribution in [0.15, 0.2) is 168 Å². The molecule has 0 unspecified atom stereocenters. The first-order valence-corrected chi connectivity index (χ1v) is 15.3. The van der Waals surface area contributed by atoms with Crippen molar-refractivity contribution in [2.24, 2.45) is 9.98 Å². The van der Waals surface area contributed by atoms with Crippen LogP contribution in [-0.2, 0) is 6.54 Å². The van der Waals surface area contributed by atoms with Crippen LogP contribution in [-0.4, -0.2) is 31.5 Å². The number of aliphatic imine (C=N–C) groups is 2. The Labute approximate surface area is 267 Å². The molecule has 0 atom stereocenters. The van der Waals surface area contributed by atoms with E-state index >= 15 is 0 Å². The number of fused-ring (bicyclic) bond motifs is 4. The highest BCUT2D eigenvalue weighted by atomic mass is 15.4. The van der Waals surface area contributed by atoms with E-state index in [0.717, 1.165) is 33.7 Å². The summed E-state index contributed by atoms with van der Waals surface area (Å²) in [5.74, 6) is 0. The molecule has 0 aliphatic carbocycles. The van der Waals surface area contributed by atoms with E-state index in [-0.39, 0.29) is 0 Å². The maximum atomic E-state index is 4.63. The first-order chi connectivity index (χ1) is 22.8. The zero-order valence-electron chi connectivity index (χ0n) is 25.5. The third kappa shape index (κ3) is 5.97. The van der Waals surface area contributed by atoms with Crippen LogP contribution in [0.5, 0.6) is 0 Å². The minimum atomic E-state index is 0.616. The Balaban J connectivity index is 0.950. The summed E-state index contributed by atoms with van der Waals surface area (Å²) in [5.41, 5.74) is 9.55. The van der Waals surface area contributed by atoms with Crippen molar-refractivity contribution in [3.63, 3.8) is 0 Å². The summed E-state index contributed by atoms with van der Waals surface area (Å²) in [6.45, 7) is 2.62. The third-order valence-corrected chi connectivity index (χ3v) is 7.90. The SMILES string of the molecule is C\C(=N/C=C\C=C/C=C/C=N/Cc1ccc2c3ccccc3n(-c3ccccc3)c2c1)c1ccc(-n2nnc3ccccc32)cc1. The summed E-state index contributed by atoms with van der Waals surface area (Å²) in [7, 11) is 0. The van der Waals surface area contributed by atoms with Crippen LogP contribution < -0.4 is 0 Å². The van der Waals surface area contributed by atoms with E-state index in [1.165, 1.54) is 27.4 Å². The molecule has 0 saturated carbocycles. The molecule has 0 aliphatic rings. The lowest BCUT2D eigenvalue weighted by Crippen LogP contribution is -1.99. The smallest absolute Gasteiger partial charge is 0.113 e. The average Bonchev–Trinajstić information content (AvgIpc) is 3.68. The first kappa shape index (κ1) is 28.6. The number of rotatable bonds is 9. The first-order valence-electron chi connectivity index (χ1n) is 15.3. The molecule has 0 fully saturated rings. The lowest BCUT2D eigenvalue weighted by atomic mass is 10.1. The topological polar surface area (TPSA) is 60.4 Å². The second-order valence-corrected chi connectivity index (χ2v) is 10.9. The van der Waals surface area contributed by atoms with Crippen LogP contribution in [0.2, 0.25) is 0 Å². The molecular weight excluding hydrogens is 564 g/mol. The fourth-order valence-corrected chi connectivity index (χ4v) is 5.61. The van der Waals surface area contributed by atoms with Gasteiger partial charge in [-0.1, -0.05) is 96.2 Å². The molecule has 2 aromatic heterocycles. The summed E-state index contributed by atoms with van der Waals surface area (Å²) in [5, 5.41) is 11.0. The molecule has 6 heteroatoms. The van der Waals surface area contributed by atoms with Gasteiger partial charge in [-0.15, -0.1) is 5.10 Å². The van der Waals surface area contributed by atoms with E-state index in [0.29, 0.717) is 6.54 Å². The van der Waals surface area contributed by atoms with Gasteiger partial charge in [-0.25, -0.2) is 4.68 Å². The number of hydrogen-bond acceptors (Lipinski definition) is 4. The molecule has 7 rings (SSSR count). The molecule has 0 aliphatic heterocycles. The highest BCUT2D eigenvalue weighted by molar-refractivity contribution is 6.09. The standard InChI is InChI=1S/C40H32N6/c1-30(32-21-23-34(24-22-32)46-39-19-11-9-17-37(39)43-44-46)42-27-13-4-2-3-12-26-41-29-31-20-25-36-35-16-8-10-18-38(35)45(40(36)28-31)33-14-6-5-7-15-33/h2-28H,29H2,1H3/b4-2-,12-3+,27-13-,41-26+,42-30+. The molecule has 0 saturated heterocycles. The number of aromatic nitrogens is 4. The second-order valence-electron chi connectivity index (χ2n) is 10.9. The van der Waals surface area contributed by atoms with Gasteiger partial charge in [0.05, 0.1) is 28.8 Å². The monoisotopic (exact) mass is 596 g/mol. The van der Waals surface area contributed by atoms with Crippen LogP contribution in [0, 0.1) is 0 Å². The minimum Gasteiger partial charge on any atom is -0.309 e. The van der Waals surface area contributed by atoms with Crippen molar-refractivity contribution in [3.8, 4) is 11.4 Å². The molecular formula is C40H32N6. The molecule has 0 spiro atoms. The van der Waals surface area contributed by atoms with Crippen molar-refractivity contribution in [1.82, 2.24) is 19.6 Å². The molecule has 46 heavy (non-hydrogen) atoms. The van der Waals surface area contributed by atoms with Crippen LogP contribution in [0.25, 0.3) is 44.2 Å². The lowest BCUT2D eigenvalue weighted by molar-refractivity contribution is 0.824. The third-order valence-electron chi connectivity index (χ3n) is 7.90. The number of allylic oxidation sites excluding steroid dienone is 5. The predicted molar refractivity (Wildman–Crippen MR) is 191 cm³/mol. The van der Waals surface area contributed by atoms with Gasteiger partial charge in [-0.2, -0.15) is 0 Å². The van der Waals surface area contributed by atoms with E-state index in [4.69, 9.17) is 0 Å². The van der Waals surface area contributed by atoms with Crippen molar-refractivity contribution >= 4 is 44.8 Å². The van der Waals surface area contributed by atoms with E-state index in [1.54, 1.807) is 6.20 Å². The fraction of sp³-hybridized carbons (Fsp3) is 0.0500. The Bertz CT molecular complexity index is 2280. The van der Waals surface area contributed by atoms with Gasteiger partial charge in [0.1, 0.15) is 5.52 Å². The molecule has 0 radical (unpaired) electrons. The van der Waals surface area contributed by atoms with Crippen molar-refractivity contribution < 1.29 is 0 Å². The van der Waals surface area contributed by atoms with Crippen molar-refractivity contribution in [2.75, 3.05) is 0 Å². The van der Waals surface area contributed by atoms with Gasteiger partial charge >= 0.3 is 0 Å². The van der Waals surface area contributed by atoms with Crippen LogP contribution in [0.1, 0.15) is 18.1 Å². The Morgan fingerprint density at radius 3 is 2.24 bits per heavy atom. The van der Waals surface area contributed by atoms with Gasteiger partial charge < -0.3 is 4.57 Å². The largest absolute Gasteiger partial charge is 0.309 e. The van der Waals surface area contributed by atoms with Gasteiger partial charge in [0.15, 0.2) is 0 Å². The summed E-state index contributed by atoms with van der Waals surface area (Å²) in [4.78, 5) is 9.21. The Morgan fingerprint density at radius 2 is 1.37 bits per heavy atom. The van der Waals surface area contributed by atoms with Crippen LogP contribution in [0.3, 0.4) is 0 Å². The van der Waals surface area contributed by atoms with Gasteiger partial charge in [-0.05, 0) is 78.7 Å². The Hall–Kier alpha value is -6.14. The van der Waals surface area contributed by atoms with Crippen molar-refractivity contribution in [3.05, 3.63) is 169 Å². The maximum Gasteiger partial charge on any atom is 0.113 e. The van der Waals surface area contributed by atoms with Gasteiger partial charge in [0.2, 0.25) is 0 Å². The molecule has 6 nitrogen and oxygen atoms in total. The zero-order valence-corrected chi connectivity index (χ0v) is 25.5. The maximum absolute atomic E-state index is 4.63. The van der Waals surface area contributed by atoms with Gasteiger partial charge in [-0.3, -0.25) is 9.98 Å². The van der Waals surface area contributed by atoms with Crippen LogP contribution >= 0.6 is 0 Å². The molecule has 222 valence electrons. The van der Waals surface area contributed by atoms with Gasteiger partial charge in [0, 0.05) is 34.6 Å². The van der Waals surface area contributed by atoms with Crippen molar-refractivity contribution in [1.29, 1.82) is 0 Å². The lowest BCUT2D eigenvalue weighted by Gasteiger charge is -2.08. The highest BCUT2D eigenvalue weighted by Crippen LogP contribution is 2.32. The fourth-order valence-electron chi connectivity index (χ4n) is 5.61. The number of benzene rings is 5. The van der Waals surface area contributed by atoms with Crippen LogP contribution in [0.4, 0.5) is 0 Å². The minimum absolute atomic E-state index is 0.616. The van der Waals surface area contributed by atoms with E-state index in [1.807, 2.05) is 84.6 Å². The summed E-state index contributed by atoms with van der Waals surface area (Å²) >= 11 is 0. The molecule has 0 bridgehead atoms.